The number of nitrogens with one attached hydrogen (secondary N) is 1. The lowest BCUT2D eigenvalue weighted by atomic mass is 9.78. The summed E-state index contributed by atoms with van der Waals surface area (Å²) in [5, 5.41) is 11.0. The van der Waals surface area contributed by atoms with Crippen molar-refractivity contribution < 1.29 is 23.7 Å². The van der Waals surface area contributed by atoms with E-state index in [0.29, 0.717) is 11.1 Å². The predicted octanol–water partition coefficient (Wildman–Crippen LogP) is 1.88. The average Bonchev–Trinajstić information content (AvgIpc) is 3.02. The third-order valence-corrected chi connectivity index (χ3v) is 4.29. The van der Waals surface area contributed by atoms with Crippen molar-refractivity contribution in [2.75, 3.05) is 6.54 Å². The number of hydrazine groups is 1. The first-order valence-electron chi connectivity index (χ1n) is 8.96. The Morgan fingerprint density at radius 3 is 2.54 bits per heavy atom. The van der Waals surface area contributed by atoms with E-state index < -0.39 is 24.7 Å². The van der Waals surface area contributed by atoms with Crippen LogP contribution in [0.1, 0.15) is 47.1 Å². The van der Waals surface area contributed by atoms with Crippen LogP contribution in [0.4, 0.5) is 4.39 Å². The summed E-state index contributed by atoms with van der Waals surface area (Å²) in [4.78, 5) is 25.6. The number of benzene rings is 2. The minimum Gasteiger partial charge on any atom is -0.423 e. The molecule has 1 aliphatic rings. The maximum atomic E-state index is 14.8. The summed E-state index contributed by atoms with van der Waals surface area (Å²) in [6, 6.07) is 11.4. The number of carbonyl (C=O) groups excluding carboxylic acids is 2. The zero-order valence-electron chi connectivity index (χ0n) is 16.0. The lowest BCUT2D eigenvalue weighted by molar-refractivity contribution is 0.0507. The van der Waals surface area contributed by atoms with E-state index >= 15 is 0 Å². The topological polar surface area (TPSA) is 78.9 Å². The molecule has 1 heterocycles. The van der Waals surface area contributed by atoms with Crippen LogP contribution in [0.25, 0.3) is 0 Å². The van der Waals surface area contributed by atoms with Crippen LogP contribution in [0.2, 0.25) is 0 Å². The number of amides is 2. The molecule has 0 radical (unpaired) electrons. The van der Waals surface area contributed by atoms with Crippen LogP contribution in [-0.2, 0) is 11.3 Å². The molecule has 2 aromatic carbocycles. The van der Waals surface area contributed by atoms with Crippen molar-refractivity contribution in [3.63, 3.8) is 0 Å². The molecule has 146 valence electrons. The number of halogens is 1. The van der Waals surface area contributed by atoms with Crippen molar-refractivity contribution >= 4 is 24.4 Å². The number of hydrogen-bond acceptors (Lipinski definition) is 4. The van der Waals surface area contributed by atoms with Gasteiger partial charge < -0.3 is 9.68 Å². The van der Waals surface area contributed by atoms with E-state index in [1.165, 1.54) is 17.1 Å². The smallest absolute Gasteiger partial charge is 0.423 e. The van der Waals surface area contributed by atoms with E-state index in [2.05, 4.69) is 5.43 Å². The maximum Gasteiger partial charge on any atom is 0.494 e. The van der Waals surface area contributed by atoms with Crippen LogP contribution in [0, 0.1) is 11.2 Å². The molecular weight excluding hydrogens is 362 g/mol. The van der Waals surface area contributed by atoms with Gasteiger partial charge in [0.1, 0.15) is 5.82 Å². The van der Waals surface area contributed by atoms with Gasteiger partial charge in [-0.2, -0.15) is 0 Å². The normalized spacial score (nSPS) is 13.2. The summed E-state index contributed by atoms with van der Waals surface area (Å²) in [5.41, 5.74) is 2.81. The van der Waals surface area contributed by atoms with Gasteiger partial charge >= 0.3 is 7.12 Å². The molecule has 2 aromatic rings. The summed E-state index contributed by atoms with van der Waals surface area (Å²) in [5.74, 6) is -2.01. The molecule has 3 rings (SSSR count). The van der Waals surface area contributed by atoms with Gasteiger partial charge in [-0.05, 0) is 29.2 Å². The summed E-state index contributed by atoms with van der Waals surface area (Å²) in [7, 11) is -1.40. The molecule has 0 spiro atoms. The minimum absolute atomic E-state index is 0.0376. The highest BCUT2D eigenvalue weighted by molar-refractivity contribution is 6.61. The Labute approximate surface area is 163 Å². The van der Waals surface area contributed by atoms with Gasteiger partial charge in [-0.1, -0.05) is 45.0 Å². The Balaban J connectivity index is 1.88. The highest BCUT2D eigenvalue weighted by Crippen LogP contribution is 2.18. The Hall–Kier alpha value is -2.71. The fraction of sp³-hybridized carbons (Fsp3) is 0.300. The van der Waals surface area contributed by atoms with Crippen LogP contribution >= 0.6 is 0 Å². The van der Waals surface area contributed by atoms with E-state index in [9.17, 15) is 19.0 Å². The van der Waals surface area contributed by atoms with E-state index in [1.807, 2.05) is 20.8 Å². The van der Waals surface area contributed by atoms with Crippen LogP contribution in [0.15, 0.2) is 42.5 Å². The molecule has 0 unspecified atom stereocenters. The Morgan fingerprint density at radius 1 is 1.21 bits per heavy atom. The van der Waals surface area contributed by atoms with E-state index in [-0.39, 0.29) is 29.6 Å². The van der Waals surface area contributed by atoms with Gasteiger partial charge in [-0.25, -0.2) is 9.40 Å². The third kappa shape index (κ3) is 4.23. The summed E-state index contributed by atoms with van der Waals surface area (Å²) in [6.45, 7) is 6.08. The Morgan fingerprint density at radius 2 is 1.89 bits per heavy atom. The van der Waals surface area contributed by atoms with Crippen LogP contribution in [0.3, 0.4) is 0 Å². The van der Waals surface area contributed by atoms with E-state index in [1.54, 1.807) is 30.3 Å². The van der Waals surface area contributed by atoms with Crippen molar-refractivity contribution in [3.05, 3.63) is 65.0 Å². The van der Waals surface area contributed by atoms with Crippen molar-refractivity contribution in [1.29, 1.82) is 0 Å². The quantitative estimate of drug-likeness (QED) is 0.626. The van der Waals surface area contributed by atoms with Gasteiger partial charge in [-0.3, -0.25) is 15.0 Å². The van der Waals surface area contributed by atoms with Crippen molar-refractivity contribution in [3.8, 4) is 0 Å². The van der Waals surface area contributed by atoms with Crippen molar-refractivity contribution in [2.24, 2.45) is 5.41 Å². The van der Waals surface area contributed by atoms with Crippen LogP contribution < -0.4 is 10.9 Å². The predicted molar refractivity (Wildman–Crippen MR) is 103 cm³/mol. The van der Waals surface area contributed by atoms with Gasteiger partial charge in [0.05, 0.1) is 12.2 Å². The molecule has 8 heteroatoms. The summed E-state index contributed by atoms with van der Waals surface area (Å²) in [6.07, 6.45) is 0. The fourth-order valence-corrected chi connectivity index (χ4v) is 3.01. The minimum atomic E-state index is -1.40. The lowest BCUT2D eigenvalue weighted by Crippen LogP contribution is -2.50. The first-order valence-corrected chi connectivity index (χ1v) is 8.96. The maximum absolute atomic E-state index is 14.8. The molecule has 2 N–H and O–H groups in total. The second-order valence-corrected chi connectivity index (χ2v) is 7.92. The number of hydrogen-bond donors (Lipinski definition) is 2. The first kappa shape index (κ1) is 20.0. The molecule has 28 heavy (non-hydrogen) atoms. The number of rotatable bonds is 3. The molecule has 0 aromatic heterocycles. The molecule has 2 amide bonds. The first-order chi connectivity index (χ1) is 13.2. The Bertz CT molecular complexity index is 899. The average molecular weight is 384 g/mol. The second kappa shape index (κ2) is 7.73. The number of fused-ring (bicyclic) bond motifs is 1. The highest BCUT2D eigenvalue weighted by Gasteiger charge is 2.34. The fourth-order valence-electron chi connectivity index (χ4n) is 3.01. The van der Waals surface area contributed by atoms with E-state index in [4.69, 9.17) is 4.65 Å². The molecule has 0 saturated carbocycles. The summed E-state index contributed by atoms with van der Waals surface area (Å²) < 4.78 is 19.8. The van der Waals surface area contributed by atoms with Gasteiger partial charge in [0, 0.05) is 17.6 Å². The highest BCUT2D eigenvalue weighted by atomic mass is 19.1. The van der Waals surface area contributed by atoms with Gasteiger partial charge in [-0.15, -0.1) is 0 Å². The monoisotopic (exact) mass is 384 g/mol. The standard InChI is InChI=1S/C20H22BFN2O4/c1-20(2,3)12-24(19(26)13-7-5-4-6-8-13)23-18(25)15-10-9-14-11-28-21(27)16(14)17(15)22/h4-10,27H,11-12H2,1-3H3,(H,23,25). The van der Waals surface area contributed by atoms with Gasteiger partial charge in [0.15, 0.2) is 0 Å². The molecule has 0 saturated heterocycles. The zero-order valence-corrected chi connectivity index (χ0v) is 16.0. The molecule has 0 aliphatic carbocycles. The molecular formula is C20H22BFN2O4. The lowest BCUT2D eigenvalue weighted by Gasteiger charge is -2.30. The largest absolute Gasteiger partial charge is 0.494 e. The van der Waals surface area contributed by atoms with Crippen molar-refractivity contribution in [1.82, 2.24) is 10.4 Å². The number of carbonyl (C=O) groups is 2. The molecule has 0 bridgehead atoms. The van der Waals surface area contributed by atoms with Crippen LogP contribution in [-0.4, -0.2) is 35.5 Å². The molecule has 6 nitrogen and oxygen atoms in total. The third-order valence-electron chi connectivity index (χ3n) is 4.29. The van der Waals surface area contributed by atoms with Crippen LogP contribution in [0.5, 0.6) is 0 Å². The SMILES string of the molecule is CC(C)(C)CN(NC(=O)c1ccc2c(c1F)B(O)OC2)C(=O)c1ccccc1. The van der Waals surface area contributed by atoms with Gasteiger partial charge in [0.25, 0.3) is 11.8 Å². The second-order valence-electron chi connectivity index (χ2n) is 7.92. The zero-order chi connectivity index (χ0) is 20.5. The summed E-state index contributed by atoms with van der Waals surface area (Å²) >= 11 is 0. The molecule has 0 fully saturated rings. The van der Waals surface area contributed by atoms with Crippen molar-refractivity contribution in [2.45, 2.75) is 27.4 Å². The van der Waals surface area contributed by atoms with Gasteiger partial charge in [0.2, 0.25) is 0 Å². The Kier molecular flexibility index (Phi) is 5.53. The number of nitrogens with zero attached hydrogens (tertiary/aromatic N) is 1. The van der Waals surface area contributed by atoms with E-state index in [0.717, 1.165) is 0 Å². The molecule has 0 atom stereocenters. The molecule has 1 aliphatic heterocycles.